The van der Waals surface area contributed by atoms with E-state index >= 15 is 0 Å². The zero-order chi connectivity index (χ0) is 24.8. The zero-order valence-electron chi connectivity index (χ0n) is 17.7. The summed E-state index contributed by atoms with van der Waals surface area (Å²) < 4.78 is 85.9. The smallest absolute Gasteiger partial charge is 0.404 e. The highest BCUT2D eigenvalue weighted by atomic mass is 32.2. The predicted molar refractivity (Wildman–Crippen MR) is 114 cm³/mol. The van der Waals surface area contributed by atoms with Gasteiger partial charge in [0.15, 0.2) is 0 Å². The maximum atomic E-state index is 14.2. The van der Waals surface area contributed by atoms with E-state index in [4.69, 9.17) is 9.68 Å². The minimum Gasteiger partial charge on any atom is -0.429 e. The minimum atomic E-state index is -4.75. The first-order chi connectivity index (χ1) is 15.9. The van der Waals surface area contributed by atoms with Crippen LogP contribution in [-0.2, 0) is 10.0 Å². The molecule has 0 aliphatic heterocycles. The average Bonchev–Trinajstić information content (AvgIpc) is 3.37. The molecule has 0 aliphatic rings. The number of hydrogen-bond donors (Lipinski definition) is 1. The fourth-order valence-corrected chi connectivity index (χ4v) is 4.50. The van der Waals surface area contributed by atoms with E-state index in [9.17, 15) is 26.0 Å². The van der Waals surface area contributed by atoms with Crippen LogP contribution in [0.2, 0.25) is 0 Å². The number of benzene rings is 1. The molecule has 34 heavy (non-hydrogen) atoms. The van der Waals surface area contributed by atoms with Gasteiger partial charge in [-0.15, -0.1) is 0 Å². The Morgan fingerprint density at radius 2 is 1.91 bits per heavy atom. The van der Waals surface area contributed by atoms with Gasteiger partial charge in [-0.2, -0.15) is 23.2 Å². The Hall–Kier alpha value is -3.69. The Kier molecular flexibility index (Phi) is 5.71. The molecule has 12 heteroatoms. The van der Waals surface area contributed by atoms with E-state index in [1.54, 1.807) is 34.4 Å². The van der Waals surface area contributed by atoms with Crippen molar-refractivity contribution in [1.29, 1.82) is 5.26 Å². The number of pyridine rings is 1. The van der Waals surface area contributed by atoms with Gasteiger partial charge in [-0.25, -0.2) is 12.8 Å². The summed E-state index contributed by atoms with van der Waals surface area (Å²) in [6.07, 6.45) is -3.82. The molecule has 0 saturated heterocycles. The number of nitriles is 1. The van der Waals surface area contributed by atoms with Crippen LogP contribution in [0.3, 0.4) is 0 Å². The molecule has 0 spiro atoms. The lowest BCUT2D eigenvalue weighted by Gasteiger charge is -2.17. The SMILES string of the molecule is Cc1cc2c(cc1F)cc(-c1ccc(S(=O)(=O)N[C@@H](C)C(F)(F)F)cn1)n2-c1ccc(C#N)o1. The summed E-state index contributed by atoms with van der Waals surface area (Å²) in [5.41, 5.74) is 1.54. The molecule has 0 aliphatic carbocycles. The van der Waals surface area contributed by atoms with Crippen LogP contribution in [0.25, 0.3) is 28.2 Å². The van der Waals surface area contributed by atoms with E-state index in [1.807, 2.05) is 6.07 Å². The fraction of sp³-hybridized carbons (Fsp3) is 0.182. The Bertz CT molecular complexity index is 1530. The second kappa shape index (κ2) is 8.27. The van der Waals surface area contributed by atoms with Gasteiger partial charge in [0.2, 0.25) is 21.7 Å². The van der Waals surface area contributed by atoms with Gasteiger partial charge < -0.3 is 4.42 Å². The number of sulfonamides is 1. The molecule has 0 bridgehead atoms. The number of hydrogen-bond acceptors (Lipinski definition) is 5. The first-order valence-electron chi connectivity index (χ1n) is 9.78. The molecular formula is C22H16F4N4O3S. The van der Waals surface area contributed by atoms with Crippen molar-refractivity contribution >= 4 is 20.9 Å². The zero-order valence-corrected chi connectivity index (χ0v) is 18.5. The molecule has 0 radical (unpaired) electrons. The largest absolute Gasteiger partial charge is 0.429 e. The van der Waals surface area contributed by atoms with Crippen LogP contribution in [0, 0.1) is 24.1 Å². The van der Waals surface area contributed by atoms with Crippen LogP contribution >= 0.6 is 0 Å². The molecular weight excluding hydrogens is 476 g/mol. The third kappa shape index (κ3) is 4.27. The second-order valence-electron chi connectivity index (χ2n) is 7.54. The van der Waals surface area contributed by atoms with E-state index in [-0.39, 0.29) is 17.3 Å². The molecule has 4 aromatic rings. The molecule has 7 nitrogen and oxygen atoms in total. The fourth-order valence-electron chi connectivity index (χ4n) is 3.32. The highest BCUT2D eigenvalue weighted by Gasteiger charge is 2.39. The molecule has 3 heterocycles. The van der Waals surface area contributed by atoms with Crippen LogP contribution in [0.5, 0.6) is 0 Å². The summed E-state index contributed by atoms with van der Waals surface area (Å²) in [7, 11) is -4.48. The van der Waals surface area contributed by atoms with Crippen LogP contribution in [0.4, 0.5) is 17.6 Å². The van der Waals surface area contributed by atoms with Gasteiger partial charge in [0.05, 0.1) is 16.9 Å². The number of halogens is 4. The Morgan fingerprint density at radius 3 is 2.50 bits per heavy atom. The quantitative estimate of drug-likeness (QED) is 0.402. The van der Waals surface area contributed by atoms with Crippen LogP contribution in [0.15, 0.2) is 58.0 Å². The topological polar surface area (TPSA) is 101 Å². The molecule has 0 unspecified atom stereocenters. The number of aryl methyl sites for hydroxylation is 1. The van der Waals surface area contributed by atoms with Crippen LogP contribution < -0.4 is 4.72 Å². The van der Waals surface area contributed by atoms with Gasteiger partial charge >= 0.3 is 6.18 Å². The molecule has 1 N–H and O–H groups in total. The van der Waals surface area contributed by atoms with Crippen molar-refractivity contribution in [2.45, 2.75) is 31.0 Å². The van der Waals surface area contributed by atoms with Crippen molar-refractivity contribution in [3.8, 4) is 23.3 Å². The molecule has 1 atom stereocenters. The lowest BCUT2D eigenvalue weighted by molar-refractivity contribution is -0.147. The molecule has 4 rings (SSSR count). The minimum absolute atomic E-state index is 0.0425. The number of nitrogens with zero attached hydrogens (tertiary/aromatic N) is 3. The first-order valence-corrected chi connectivity index (χ1v) is 11.3. The first kappa shape index (κ1) is 23.5. The third-order valence-corrected chi connectivity index (χ3v) is 6.66. The summed E-state index contributed by atoms with van der Waals surface area (Å²) >= 11 is 0. The predicted octanol–water partition coefficient (Wildman–Crippen LogP) is 4.83. The van der Waals surface area contributed by atoms with Gasteiger partial charge in [-0.05, 0) is 55.8 Å². The van der Waals surface area contributed by atoms with Gasteiger partial charge in [0, 0.05) is 17.6 Å². The van der Waals surface area contributed by atoms with Crippen LogP contribution in [0.1, 0.15) is 18.2 Å². The molecule has 1 aromatic carbocycles. The van der Waals surface area contributed by atoms with E-state index in [0.717, 1.165) is 12.3 Å². The van der Waals surface area contributed by atoms with E-state index in [2.05, 4.69) is 4.98 Å². The summed E-state index contributed by atoms with van der Waals surface area (Å²) in [6, 6.07) is 9.53. The number of fused-ring (bicyclic) bond motifs is 1. The maximum Gasteiger partial charge on any atom is 0.404 e. The standard InChI is InChI=1S/C22H16F4N4O3S/c1-12-7-19-14(8-17(12)23)9-20(30(19)21-6-3-15(10-27)33-21)18-5-4-16(11-28-18)34(31,32)29-13(2)22(24,25)26/h3-9,11,13,29H,1-2H3/t13-/m0/s1. The summed E-state index contributed by atoms with van der Waals surface area (Å²) in [6.45, 7) is 2.28. The lowest BCUT2D eigenvalue weighted by atomic mass is 10.1. The Morgan fingerprint density at radius 1 is 1.18 bits per heavy atom. The Balaban J connectivity index is 1.81. The molecule has 3 aromatic heterocycles. The number of rotatable bonds is 5. The molecule has 0 fully saturated rings. The summed E-state index contributed by atoms with van der Waals surface area (Å²) in [5, 5.41) is 9.59. The molecule has 0 saturated carbocycles. The average molecular weight is 492 g/mol. The number of alkyl halides is 3. The van der Waals surface area contributed by atoms with Gasteiger partial charge in [0.1, 0.15) is 22.8 Å². The van der Waals surface area contributed by atoms with Crippen molar-refractivity contribution in [2.75, 3.05) is 0 Å². The van der Waals surface area contributed by atoms with Gasteiger partial charge in [-0.1, -0.05) is 0 Å². The second-order valence-corrected chi connectivity index (χ2v) is 9.25. The lowest BCUT2D eigenvalue weighted by Crippen LogP contribution is -2.42. The van der Waals surface area contributed by atoms with Crippen LogP contribution in [-0.4, -0.2) is 30.2 Å². The Labute approximate surface area is 191 Å². The van der Waals surface area contributed by atoms with Crippen molar-refractivity contribution < 1.29 is 30.4 Å². The van der Waals surface area contributed by atoms with Crippen molar-refractivity contribution in [3.63, 3.8) is 0 Å². The summed E-state index contributed by atoms with van der Waals surface area (Å²) in [5.74, 6) is -0.153. The van der Waals surface area contributed by atoms with Gasteiger partial charge in [0.25, 0.3) is 0 Å². The number of furan rings is 1. The van der Waals surface area contributed by atoms with Crippen molar-refractivity contribution in [2.24, 2.45) is 0 Å². The van der Waals surface area contributed by atoms with Crippen molar-refractivity contribution in [3.05, 3.63) is 65.8 Å². The van der Waals surface area contributed by atoms with E-state index in [0.29, 0.717) is 29.1 Å². The molecule has 0 amide bonds. The highest BCUT2D eigenvalue weighted by Crippen LogP contribution is 2.33. The maximum absolute atomic E-state index is 14.2. The molecule has 176 valence electrons. The van der Waals surface area contributed by atoms with E-state index < -0.39 is 33.0 Å². The van der Waals surface area contributed by atoms with Crippen molar-refractivity contribution in [1.82, 2.24) is 14.3 Å². The monoisotopic (exact) mass is 492 g/mol. The van der Waals surface area contributed by atoms with E-state index in [1.165, 1.54) is 18.2 Å². The summed E-state index contributed by atoms with van der Waals surface area (Å²) in [4.78, 5) is 3.66. The number of nitrogens with one attached hydrogen (secondary N) is 1. The third-order valence-electron chi connectivity index (χ3n) is 5.14. The highest BCUT2D eigenvalue weighted by molar-refractivity contribution is 7.89. The van der Waals surface area contributed by atoms with Gasteiger partial charge in [-0.3, -0.25) is 9.55 Å². The number of aromatic nitrogens is 2. The normalized spacial score (nSPS) is 13.2.